The molecule has 5 heteroatoms. The third kappa shape index (κ3) is 1.70. The van der Waals surface area contributed by atoms with Gasteiger partial charge in [-0.15, -0.1) is 0 Å². The number of benzene rings is 1. The molecular formula is C13H14N2O2S. The van der Waals surface area contributed by atoms with E-state index in [0.29, 0.717) is 17.1 Å². The van der Waals surface area contributed by atoms with Gasteiger partial charge in [0.1, 0.15) is 11.3 Å². The van der Waals surface area contributed by atoms with E-state index in [0.717, 1.165) is 23.5 Å². The molecule has 0 aliphatic carbocycles. The van der Waals surface area contributed by atoms with Crippen LogP contribution in [0.4, 0.5) is 0 Å². The summed E-state index contributed by atoms with van der Waals surface area (Å²) < 4.78 is 2.20. The Balaban J connectivity index is 2.23. The average molecular weight is 262 g/mol. The number of thioether (sulfide) groups is 1. The van der Waals surface area contributed by atoms with Crippen molar-refractivity contribution in [2.75, 3.05) is 11.5 Å². The fourth-order valence-corrected chi connectivity index (χ4v) is 3.79. The summed E-state index contributed by atoms with van der Waals surface area (Å²) in [6.07, 6.45) is 1.13. The number of rotatable bonds is 2. The van der Waals surface area contributed by atoms with E-state index in [-0.39, 0.29) is 0 Å². The molecule has 0 spiro atoms. The third-order valence-corrected chi connectivity index (χ3v) is 4.54. The lowest BCUT2D eigenvalue weighted by Gasteiger charge is -2.13. The summed E-state index contributed by atoms with van der Waals surface area (Å²) in [7, 11) is 0. The molecule has 1 N–H and O–H groups in total. The maximum Gasteiger partial charge on any atom is 0.337 e. The minimum Gasteiger partial charge on any atom is -0.478 e. The quantitative estimate of drug-likeness (QED) is 0.904. The second-order valence-electron chi connectivity index (χ2n) is 4.52. The zero-order valence-electron chi connectivity index (χ0n) is 10.1. The highest BCUT2D eigenvalue weighted by Gasteiger charge is 2.23. The van der Waals surface area contributed by atoms with Gasteiger partial charge in [-0.25, -0.2) is 9.78 Å². The Labute approximate surface area is 109 Å². The molecule has 2 heterocycles. The van der Waals surface area contributed by atoms with Gasteiger partial charge in [-0.05, 0) is 31.2 Å². The van der Waals surface area contributed by atoms with Crippen LogP contribution in [0, 0.1) is 6.92 Å². The molecule has 1 fully saturated rings. The molecule has 3 rings (SSSR count). The van der Waals surface area contributed by atoms with Gasteiger partial charge in [0.15, 0.2) is 0 Å². The van der Waals surface area contributed by atoms with Crippen LogP contribution in [0.3, 0.4) is 0 Å². The number of carboxylic acid groups (broad SMARTS) is 1. The summed E-state index contributed by atoms with van der Waals surface area (Å²) in [6, 6.07) is 5.82. The average Bonchev–Trinajstić information content (AvgIpc) is 2.93. The van der Waals surface area contributed by atoms with Crippen LogP contribution >= 0.6 is 11.8 Å². The lowest BCUT2D eigenvalue weighted by molar-refractivity contribution is 0.0699. The number of hydrogen-bond donors (Lipinski definition) is 1. The Morgan fingerprint density at radius 3 is 3.06 bits per heavy atom. The van der Waals surface area contributed by atoms with Gasteiger partial charge >= 0.3 is 5.97 Å². The molecule has 0 radical (unpaired) electrons. The minimum atomic E-state index is -0.911. The zero-order valence-corrected chi connectivity index (χ0v) is 10.9. The summed E-state index contributed by atoms with van der Waals surface area (Å²) >= 11 is 1.94. The molecule has 1 aliphatic rings. The van der Waals surface area contributed by atoms with Gasteiger partial charge in [0.2, 0.25) is 0 Å². The smallest absolute Gasteiger partial charge is 0.337 e. The van der Waals surface area contributed by atoms with E-state index in [9.17, 15) is 9.90 Å². The maximum absolute atomic E-state index is 11.2. The fourth-order valence-electron chi connectivity index (χ4n) is 2.59. The maximum atomic E-state index is 11.2. The van der Waals surface area contributed by atoms with Crippen LogP contribution < -0.4 is 0 Å². The standard InChI is InChI=1S/C13H14N2O2S/c1-8-14-12-10(13(16)17)3-2-4-11(12)15(8)9-5-6-18-7-9/h2-4,9H,5-7H2,1H3,(H,16,17). The Kier molecular flexibility index (Phi) is 2.78. The van der Waals surface area contributed by atoms with Crippen LogP contribution in [-0.2, 0) is 0 Å². The van der Waals surface area contributed by atoms with Crippen LogP contribution in [0.2, 0.25) is 0 Å². The van der Waals surface area contributed by atoms with E-state index in [2.05, 4.69) is 9.55 Å². The minimum absolute atomic E-state index is 0.292. The fraction of sp³-hybridized carbons (Fsp3) is 0.385. The first-order valence-corrected chi connectivity index (χ1v) is 7.12. The molecule has 1 aromatic heterocycles. The highest BCUT2D eigenvalue weighted by Crippen LogP contribution is 2.32. The highest BCUT2D eigenvalue weighted by molar-refractivity contribution is 7.99. The molecule has 0 bridgehead atoms. The van der Waals surface area contributed by atoms with Crippen LogP contribution in [0.1, 0.15) is 28.6 Å². The molecule has 1 saturated heterocycles. The first kappa shape index (κ1) is 11.6. The van der Waals surface area contributed by atoms with Crippen LogP contribution in [0.5, 0.6) is 0 Å². The molecular weight excluding hydrogens is 248 g/mol. The lowest BCUT2D eigenvalue weighted by Crippen LogP contribution is -2.09. The number of imidazole rings is 1. The van der Waals surface area contributed by atoms with E-state index in [1.807, 2.05) is 24.8 Å². The molecule has 1 atom stereocenters. The summed E-state index contributed by atoms with van der Waals surface area (Å²) in [5, 5.41) is 9.19. The molecule has 1 aliphatic heterocycles. The van der Waals surface area contributed by atoms with Crippen molar-refractivity contribution in [3.8, 4) is 0 Å². The largest absolute Gasteiger partial charge is 0.478 e. The van der Waals surface area contributed by atoms with Crippen molar-refractivity contribution in [1.82, 2.24) is 9.55 Å². The van der Waals surface area contributed by atoms with Crippen molar-refractivity contribution in [2.45, 2.75) is 19.4 Å². The number of para-hydroxylation sites is 1. The molecule has 2 aromatic rings. The first-order valence-electron chi connectivity index (χ1n) is 5.97. The first-order chi connectivity index (χ1) is 8.68. The Morgan fingerprint density at radius 1 is 1.56 bits per heavy atom. The van der Waals surface area contributed by atoms with E-state index in [1.54, 1.807) is 12.1 Å². The Morgan fingerprint density at radius 2 is 2.39 bits per heavy atom. The van der Waals surface area contributed by atoms with Gasteiger partial charge < -0.3 is 9.67 Å². The molecule has 1 unspecified atom stereocenters. The third-order valence-electron chi connectivity index (χ3n) is 3.40. The number of aromatic carboxylic acids is 1. The second kappa shape index (κ2) is 4.31. The number of aryl methyl sites for hydroxylation is 1. The molecule has 4 nitrogen and oxygen atoms in total. The lowest BCUT2D eigenvalue weighted by atomic mass is 10.1. The number of fused-ring (bicyclic) bond motifs is 1. The normalized spacial score (nSPS) is 19.5. The van der Waals surface area contributed by atoms with Crippen LogP contribution in [-0.4, -0.2) is 32.1 Å². The van der Waals surface area contributed by atoms with Crippen molar-refractivity contribution < 1.29 is 9.90 Å². The topological polar surface area (TPSA) is 55.1 Å². The van der Waals surface area contributed by atoms with Crippen molar-refractivity contribution in [1.29, 1.82) is 0 Å². The molecule has 18 heavy (non-hydrogen) atoms. The van der Waals surface area contributed by atoms with Crippen molar-refractivity contribution in [3.63, 3.8) is 0 Å². The van der Waals surface area contributed by atoms with Gasteiger partial charge in [0.05, 0.1) is 11.1 Å². The zero-order chi connectivity index (χ0) is 12.7. The van der Waals surface area contributed by atoms with Crippen LogP contribution in [0.15, 0.2) is 18.2 Å². The second-order valence-corrected chi connectivity index (χ2v) is 5.67. The van der Waals surface area contributed by atoms with E-state index < -0.39 is 5.97 Å². The van der Waals surface area contributed by atoms with Crippen molar-refractivity contribution in [2.24, 2.45) is 0 Å². The molecule has 94 valence electrons. The van der Waals surface area contributed by atoms with Gasteiger partial charge in [0.25, 0.3) is 0 Å². The Bertz CT molecular complexity index is 615. The van der Waals surface area contributed by atoms with E-state index in [4.69, 9.17) is 0 Å². The number of carboxylic acids is 1. The summed E-state index contributed by atoms with van der Waals surface area (Å²) in [5.41, 5.74) is 1.85. The van der Waals surface area contributed by atoms with Gasteiger partial charge in [-0.1, -0.05) is 6.07 Å². The summed E-state index contributed by atoms with van der Waals surface area (Å²) in [4.78, 5) is 15.7. The SMILES string of the molecule is Cc1nc2c(C(=O)O)cccc2n1C1CCSC1. The number of nitrogens with zero attached hydrogens (tertiary/aromatic N) is 2. The van der Waals surface area contributed by atoms with Gasteiger partial charge in [0, 0.05) is 11.8 Å². The number of aromatic nitrogens is 2. The molecule has 0 amide bonds. The summed E-state index contributed by atoms with van der Waals surface area (Å²) in [6.45, 7) is 1.95. The summed E-state index contributed by atoms with van der Waals surface area (Å²) in [5.74, 6) is 2.25. The Hall–Kier alpha value is -1.49. The number of carbonyl (C=O) groups is 1. The van der Waals surface area contributed by atoms with Crippen LogP contribution in [0.25, 0.3) is 11.0 Å². The van der Waals surface area contributed by atoms with E-state index in [1.165, 1.54) is 5.75 Å². The van der Waals surface area contributed by atoms with Crippen molar-refractivity contribution >= 4 is 28.8 Å². The monoisotopic (exact) mass is 262 g/mol. The van der Waals surface area contributed by atoms with Gasteiger partial charge in [-0.3, -0.25) is 0 Å². The number of hydrogen-bond acceptors (Lipinski definition) is 3. The molecule has 0 saturated carbocycles. The molecule has 1 aromatic carbocycles. The predicted molar refractivity (Wildman–Crippen MR) is 72.4 cm³/mol. The van der Waals surface area contributed by atoms with E-state index >= 15 is 0 Å². The predicted octanol–water partition coefficient (Wildman–Crippen LogP) is 2.72. The van der Waals surface area contributed by atoms with Gasteiger partial charge in [-0.2, -0.15) is 11.8 Å². The highest BCUT2D eigenvalue weighted by atomic mass is 32.2. The van der Waals surface area contributed by atoms with Crippen molar-refractivity contribution in [3.05, 3.63) is 29.6 Å².